The van der Waals surface area contributed by atoms with Gasteiger partial charge in [-0.3, -0.25) is 4.98 Å². The fraction of sp³-hybridized carbons (Fsp3) is 0.0800. The number of aromatic amines is 1. The van der Waals surface area contributed by atoms with Crippen molar-refractivity contribution in [3.05, 3.63) is 90.1 Å². The number of hydrogen-bond acceptors (Lipinski definition) is 5. The second-order valence-corrected chi connectivity index (χ2v) is 7.63. The van der Waals surface area contributed by atoms with Gasteiger partial charge in [0.1, 0.15) is 11.5 Å². The van der Waals surface area contributed by atoms with E-state index in [1.807, 2.05) is 55.5 Å². The minimum Gasteiger partial charge on any atom is -0.457 e. The molecule has 0 atom stereocenters. The van der Waals surface area contributed by atoms with Crippen LogP contribution in [0, 0.1) is 6.92 Å². The largest absolute Gasteiger partial charge is 0.457 e. The summed E-state index contributed by atoms with van der Waals surface area (Å²) in [5, 5.41) is 11.8. The van der Waals surface area contributed by atoms with Crippen molar-refractivity contribution in [2.45, 2.75) is 13.1 Å². The van der Waals surface area contributed by atoms with Crippen molar-refractivity contribution < 1.29 is 17.9 Å². The summed E-state index contributed by atoms with van der Waals surface area (Å²) in [6.07, 6.45) is -4.43. The number of benzene rings is 3. The summed E-state index contributed by atoms with van der Waals surface area (Å²) in [6.45, 7) is 1.91. The number of alkyl halides is 3. The normalized spacial score (nSPS) is 11.5. The maximum absolute atomic E-state index is 13.0. The predicted octanol–water partition coefficient (Wildman–Crippen LogP) is 6.88. The molecular formula is C25H18F3N5O. The Morgan fingerprint density at radius 2 is 1.71 bits per heavy atom. The molecule has 0 saturated carbocycles. The van der Waals surface area contributed by atoms with Crippen LogP contribution in [-0.2, 0) is 6.18 Å². The zero-order valence-corrected chi connectivity index (χ0v) is 17.9. The Morgan fingerprint density at radius 1 is 0.882 bits per heavy atom. The van der Waals surface area contributed by atoms with Crippen LogP contribution in [0.25, 0.3) is 22.3 Å². The monoisotopic (exact) mass is 461 g/mol. The zero-order valence-electron chi connectivity index (χ0n) is 17.9. The summed E-state index contributed by atoms with van der Waals surface area (Å²) in [7, 11) is 0. The fourth-order valence-corrected chi connectivity index (χ4v) is 3.55. The maximum Gasteiger partial charge on any atom is 0.416 e. The third kappa shape index (κ3) is 4.54. The van der Waals surface area contributed by atoms with Gasteiger partial charge in [0.25, 0.3) is 0 Å². The van der Waals surface area contributed by atoms with Crippen LogP contribution in [0.3, 0.4) is 0 Å². The third-order valence-corrected chi connectivity index (χ3v) is 5.08. The van der Waals surface area contributed by atoms with E-state index in [0.29, 0.717) is 22.9 Å². The summed E-state index contributed by atoms with van der Waals surface area (Å²) >= 11 is 0. The smallest absolute Gasteiger partial charge is 0.416 e. The van der Waals surface area contributed by atoms with E-state index < -0.39 is 11.7 Å². The molecule has 2 heterocycles. The second kappa shape index (κ2) is 8.51. The molecule has 3 aromatic carbocycles. The van der Waals surface area contributed by atoms with E-state index in [1.54, 1.807) is 6.07 Å². The molecule has 6 nitrogen and oxygen atoms in total. The van der Waals surface area contributed by atoms with Gasteiger partial charge in [0, 0.05) is 28.4 Å². The highest BCUT2D eigenvalue weighted by atomic mass is 19.4. The van der Waals surface area contributed by atoms with Crippen molar-refractivity contribution in [2.24, 2.45) is 0 Å². The van der Waals surface area contributed by atoms with Gasteiger partial charge >= 0.3 is 6.18 Å². The van der Waals surface area contributed by atoms with Gasteiger partial charge in [-0.1, -0.05) is 30.3 Å². The number of aromatic nitrogens is 4. The van der Waals surface area contributed by atoms with Crippen LogP contribution in [0.4, 0.5) is 24.8 Å². The number of H-pyrrole nitrogens is 1. The zero-order chi connectivity index (χ0) is 23.7. The van der Waals surface area contributed by atoms with Crippen LogP contribution < -0.4 is 10.1 Å². The van der Waals surface area contributed by atoms with E-state index in [0.717, 1.165) is 28.7 Å². The number of anilines is 2. The van der Waals surface area contributed by atoms with Crippen molar-refractivity contribution in [1.82, 2.24) is 20.2 Å². The first kappa shape index (κ1) is 21.4. The average Bonchev–Trinajstić information content (AvgIpc) is 3.27. The van der Waals surface area contributed by atoms with Crippen LogP contribution in [0.1, 0.15) is 11.3 Å². The highest BCUT2D eigenvalue weighted by molar-refractivity contribution is 5.85. The predicted molar refractivity (Wildman–Crippen MR) is 123 cm³/mol. The molecule has 0 radical (unpaired) electrons. The molecule has 0 saturated heterocycles. The first-order chi connectivity index (χ1) is 16.3. The summed E-state index contributed by atoms with van der Waals surface area (Å²) in [6, 6.07) is 21.8. The number of para-hydroxylation sites is 1. The minimum atomic E-state index is -4.43. The molecule has 0 aliphatic rings. The molecule has 0 bridgehead atoms. The number of fused-ring (bicyclic) bond motifs is 1. The van der Waals surface area contributed by atoms with Gasteiger partial charge in [0.15, 0.2) is 5.82 Å². The summed E-state index contributed by atoms with van der Waals surface area (Å²) in [4.78, 5) is 7.51. The van der Waals surface area contributed by atoms with E-state index in [9.17, 15) is 13.2 Å². The molecule has 0 unspecified atom stereocenters. The average molecular weight is 461 g/mol. The van der Waals surface area contributed by atoms with Crippen molar-refractivity contribution in [3.63, 3.8) is 0 Å². The molecule has 9 heteroatoms. The van der Waals surface area contributed by atoms with Gasteiger partial charge in [-0.25, -0.2) is 0 Å². The molecule has 0 aliphatic carbocycles. The summed E-state index contributed by atoms with van der Waals surface area (Å²) in [5.41, 5.74) is 1.88. The van der Waals surface area contributed by atoms with Crippen LogP contribution in [-0.4, -0.2) is 20.2 Å². The Kier molecular flexibility index (Phi) is 5.37. The Bertz CT molecular complexity index is 1480. The van der Waals surface area contributed by atoms with Crippen LogP contribution >= 0.6 is 0 Å². The Hall–Kier alpha value is -4.40. The fourth-order valence-electron chi connectivity index (χ4n) is 3.55. The number of nitrogens with one attached hydrogen (secondary N) is 2. The second-order valence-electron chi connectivity index (χ2n) is 7.63. The Labute approximate surface area is 192 Å². The molecule has 34 heavy (non-hydrogen) atoms. The van der Waals surface area contributed by atoms with E-state index in [2.05, 4.69) is 25.5 Å². The molecule has 0 amide bonds. The number of ether oxygens (including phenoxy) is 1. The number of nitrogens with zero attached hydrogens (tertiary/aromatic N) is 3. The lowest BCUT2D eigenvalue weighted by Crippen LogP contribution is -2.05. The lowest BCUT2D eigenvalue weighted by atomic mass is 10.1. The summed E-state index contributed by atoms with van der Waals surface area (Å²) < 4.78 is 45.0. The first-order valence-electron chi connectivity index (χ1n) is 10.4. The lowest BCUT2D eigenvalue weighted by Gasteiger charge is -2.10. The number of hydrogen-bond donors (Lipinski definition) is 2. The van der Waals surface area contributed by atoms with Gasteiger partial charge in [-0.2, -0.15) is 13.2 Å². The molecule has 2 aromatic heterocycles. The van der Waals surface area contributed by atoms with Crippen molar-refractivity contribution >= 4 is 22.5 Å². The lowest BCUT2D eigenvalue weighted by molar-refractivity contribution is -0.137. The molecule has 0 spiro atoms. The standard InChI is InChI=1S/C25H18F3N5O/c1-15-12-22(20-10-2-3-11-21(20)29-15)34-19-9-4-6-16(13-19)23-31-24(33-32-23)30-18-8-5-7-17(14-18)25(26,27)28/h2-14H,1H3,(H2,30,31,32,33). The Balaban J connectivity index is 1.38. The van der Waals surface area contributed by atoms with Crippen molar-refractivity contribution in [3.8, 4) is 22.9 Å². The van der Waals surface area contributed by atoms with E-state index >= 15 is 0 Å². The van der Waals surface area contributed by atoms with Crippen molar-refractivity contribution in [1.29, 1.82) is 0 Å². The molecule has 5 aromatic rings. The summed E-state index contributed by atoms with van der Waals surface area (Å²) in [5.74, 6) is 1.94. The molecule has 5 rings (SSSR count). The van der Waals surface area contributed by atoms with Gasteiger partial charge in [0.2, 0.25) is 5.95 Å². The first-order valence-corrected chi connectivity index (χ1v) is 10.4. The maximum atomic E-state index is 13.0. The minimum absolute atomic E-state index is 0.219. The number of rotatable bonds is 5. The number of pyridine rings is 1. The molecule has 0 fully saturated rings. The number of aryl methyl sites for hydroxylation is 1. The molecular weight excluding hydrogens is 443 g/mol. The SMILES string of the molecule is Cc1cc(Oc2cccc(-c3nnc(Nc4cccc(C(F)(F)F)c4)[nH]3)c2)c2ccccc2n1. The highest BCUT2D eigenvalue weighted by Gasteiger charge is 2.30. The molecule has 0 aliphatic heterocycles. The van der Waals surface area contributed by atoms with Gasteiger partial charge in [0.05, 0.1) is 11.1 Å². The van der Waals surface area contributed by atoms with E-state index in [-0.39, 0.29) is 11.6 Å². The topological polar surface area (TPSA) is 75.7 Å². The highest BCUT2D eigenvalue weighted by Crippen LogP contribution is 2.33. The quantitative estimate of drug-likeness (QED) is 0.298. The van der Waals surface area contributed by atoms with Crippen LogP contribution in [0.15, 0.2) is 78.9 Å². The van der Waals surface area contributed by atoms with E-state index in [1.165, 1.54) is 12.1 Å². The van der Waals surface area contributed by atoms with Gasteiger partial charge in [-0.05, 0) is 49.4 Å². The van der Waals surface area contributed by atoms with Crippen molar-refractivity contribution in [2.75, 3.05) is 5.32 Å². The van der Waals surface area contributed by atoms with Gasteiger partial charge < -0.3 is 15.0 Å². The van der Waals surface area contributed by atoms with Crippen LogP contribution in [0.5, 0.6) is 11.5 Å². The molecule has 170 valence electrons. The van der Waals surface area contributed by atoms with Gasteiger partial charge in [-0.15, -0.1) is 10.2 Å². The Morgan fingerprint density at radius 3 is 2.56 bits per heavy atom. The molecule has 2 N–H and O–H groups in total. The number of halogens is 3. The third-order valence-electron chi connectivity index (χ3n) is 5.08. The van der Waals surface area contributed by atoms with E-state index in [4.69, 9.17) is 4.74 Å². The van der Waals surface area contributed by atoms with Crippen LogP contribution in [0.2, 0.25) is 0 Å².